The summed E-state index contributed by atoms with van der Waals surface area (Å²) in [6.07, 6.45) is 0. The molecule has 2 nitrogen and oxygen atoms in total. The molecule has 0 saturated carbocycles. The maximum atomic E-state index is 5.90. The molecule has 0 aromatic heterocycles. The number of nitrogens with two attached hydrogens (primary N) is 1. The lowest BCUT2D eigenvalue weighted by atomic mass is 10.1. The van der Waals surface area contributed by atoms with Crippen LogP contribution in [0.3, 0.4) is 0 Å². The Morgan fingerprint density at radius 3 is 2.00 bits per heavy atom. The monoisotopic (exact) mass is 241 g/mol. The van der Waals surface area contributed by atoms with E-state index in [0.29, 0.717) is 13.2 Å². The van der Waals surface area contributed by atoms with Gasteiger partial charge < -0.3 is 10.5 Å². The van der Waals surface area contributed by atoms with Gasteiger partial charge in [-0.3, -0.25) is 0 Å². The first-order chi connectivity index (χ1) is 8.70. The van der Waals surface area contributed by atoms with Crippen LogP contribution < -0.4 is 10.5 Å². The fraction of sp³-hybridized carbons (Fsp3) is 0.250. The second-order valence-electron chi connectivity index (χ2n) is 4.53. The molecule has 0 aliphatic rings. The minimum Gasteiger partial charge on any atom is -0.488 e. The van der Waals surface area contributed by atoms with Crippen LogP contribution in [0.4, 0.5) is 0 Å². The van der Waals surface area contributed by atoms with Crippen molar-refractivity contribution >= 4 is 0 Å². The van der Waals surface area contributed by atoms with Gasteiger partial charge in [0, 0.05) is 6.54 Å². The van der Waals surface area contributed by atoms with Crippen LogP contribution in [-0.2, 0) is 13.2 Å². The average molecular weight is 241 g/mol. The predicted octanol–water partition coefficient (Wildman–Crippen LogP) is 3.34. The van der Waals surface area contributed by atoms with E-state index in [2.05, 4.69) is 38.1 Å². The minimum atomic E-state index is 0.581. The SMILES string of the molecule is Cc1cccc(C)c1OCc1ccc(CN)cc1. The lowest BCUT2D eigenvalue weighted by Crippen LogP contribution is -2.00. The zero-order chi connectivity index (χ0) is 13.0. The maximum Gasteiger partial charge on any atom is 0.125 e. The summed E-state index contributed by atoms with van der Waals surface area (Å²) in [7, 11) is 0. The van der Waals surface area contributed by atoms with E-state index in [1.807, 2.05) is 18.2 Å². The van der Waals surface area contributed by atoms with Crippen LogP contribution in [0.15, 0.2) is 42.5 Å². The summed E-state index contributed by atoms with van der Waals surface area (Å²) in [6, 6.07) is 14.4. The van der Waals surface area contributed by atoms with Crippen LogP contribution in [0.25, 0.3) is 0 Å². The molecule has 0 heterocycles. The van der Waals surface area contributed by atoms with Crippen molar-refractivity contribution in [1.82, 2.24) is 0 Å². The fourth-order valence-corrected chi connectivity index (χ4v) is 1.95. The van der Waals surface area contributed by atoms with Crippen molar-refractivity contribution in [3.63, 3.8) is 0 Å². The van der Waals surface area contributed by atoms with Gasteiger partial charge in [-0.05, 0) is 36.1 Å². The summed E-state index contributed by atoms with van der Waals surface area (Å²) >= 11 is 0. The van der Waals surface area contributed by atoms with Crippen molar-refractivity contribution in [1.29, 1.82) is 0 Å². The van der Waals surface area contributed by atoms with Crippen molar-refractivity contribution in [2.24, 2.45) is 5.73 Å². The topological polar surface area (TPSA) is 35.2 Å². The highest BCUT2D eigenvalue weighted by Gasteiger charge is 2.03. The second-order valence-corrected chi connectivity index (χ2v) is 4.53. The Balaban J connectivity index is 2.06. The molecule has 2 N–H and O–H groups in total. The van der Waals surface area contributed by atoms with Gasteiger partial charge in [0.1, 0.15) is 12.4 Å². The van der Waals surface area contributed by atoms with Gasteiger partial charge in [0.25, 0.3) is 0 Å². The van der Waals surface area contributed by atoms with Gasteiger partial charge in [-0.25, -0.2) is 0 Å². The molecule has 0 unspecified atom stereocenters. The summed E-state index contributed by atoms with van der Waals surface area (Å²) in [5.41, 5.74) is 10.2. The number of hydrogen-bond donors (Lipinski definition) is 1. The van der Waals surface area contributed by atoms with E-state index in [9.17, 15) is 0 Å². The molecule has 2 rings (SSSR count). The highest BCUT2D eigenvalue weighted by molar-refractivity contribution is 5.39. The molecule has 0 atom stereocenters. The summed E-state index contributed by atoms with van der Waals surface area (Å²) in [6.45, 7) is 5.31. The Kier molecular flexibility index (Phi) is 4.00. The maximum absolute atomic E-state index is 5.90. The molecule has 0 saturated heterocycles. The summed E-state index contributed by atoms with van der Waals surface area (Å²) < 4.78 is 5.90. The van der Waals surface area contributed by atoms with Crippen molar-refractivity contribution < 1.29 is 4.74 Å². The smallest absolute Gasteiger partial charge is 0.125 e. The predicted molar refractivity (Wildman–Crippen MR) is 74.6 cm³/mol. The van der Waals surface area contributed by atoms with Crippen LogP contribution in [0.1, 0.15) is 22.3 Å². The van der Waals surface area contributed by atoms with Gasteiger partial charge >= 0.3 is 0 Å². The third-order valence-electron chi connectivity index (χ3n) is 3.05. The van der Waals surface area contributed by atoms with Gasteiger partial charge in [0.15, 0.2) is 0 Å². The van der Waals surface area contributed by atoms with Gasteiger partial charge in [0.05, 0.1) is 0 Å². The molecule has 18 heavy (non-hydrogen) atoms. The second kappa shape index (κ2) is 5.69. The van der Waals surface area contributed by atoms with E-state index in [1.165, 1.54) is 11.1 Å². The van der Waals surface area contributed by atoms with Gasteiger partial charge in [-0.1, -0.05) is 42.5 Å². The van der Waals surface area contributed by atoms with E-state index < -0.39 is 0 Å². The first-order valence-electron chi connectivity index (χ1n) is 6.17. The average Bonchev–Trinajstić information content (AvgIpc) is 2.39. The number of hydrogen-bond acceptors (Lipinski definition) is 2. The number of benzene rings is 2. The van der Waals surface area contributed by atoms with Gasteiger partial charge in [-0.2, -0.15) is 0 Å². The number of rotatable bonds is 4. The molecule has 0 fully saturated rings. The van der Waals surface area contributed by atoms with Gasteiger partial charge in [0.2, 0.25) is 0 Å². The third kappa shape index (κ3) is 2.90. The number of ether oxygens (including phenoxy) is 1. The van der Waals surface area contributed by atoms with E-state index in [4.69, 9.17) is 10.5 Å². The Morgan fingerprint density at radius 1 is 0.889 bits per heavy atom. The lowest BCUT2D eigenvalue weighted by molar-refractivity contribution is 0.302. The Hall–Kier alpha value is -1.80. The standard InChI is InChI=1S/C16H19NO/c1-12-4-3-5-13(2)16(12)18-11-15-8-6-14(10-17)7-9-15/h3-9H,10-11,17H2,1-2H3. The Labute approximate surface area is 108 Å². The molecule has 0 bridgehead atoms. The largest absolute Gasteiger partial charge is 0.488 e. The molecule has 0 radical (unpaired) electrons. The Morgan fingerprint density at radius 2 is 1.44 bits per heavy atom. The third-order valence-corrected chi connectivity index (χ3v) is 3.05. The quantitative estimate of drug-likeness (QED) is 0.891. The molecule has 2 aromatic rings. The fourth-order valence-electron chi connectivity index (χ4n) is 1.95. The van der Waals surface area contributed by atoms with E-state index in [0.717, 1.165) is 16.9 Å². The molecule has 0 aliphatic carbocycles. The normalized spacial score (nSPS) is 10.4. The highest BCUT2D eigenvalue weighted by Crippen LogP contribution is 2.23. The lowest BCUT2D eigenvalue weighted by Gasteiger charge is -2.12. The molecular weight excluding hydrogens is 222 g/mol. The molecular formula is C16H19NO. The van der Waals surface area contributed by atoms with Crippen LogP contribution in [0.5, 0.6) is 5.75 Å². The molecule has 0 aliphatic heterocycles. The molecule has 0 spiro atoms. The summed E-state index contributed by atoms with van der Waals surface area (Å²) in [5.74, 6) is 0.986. The summed E-state index contributed by atoms with van der Waals surface area (Å²) in [4.78, 5) is 0. The van der Waals surface area contributed by atoms with Crippen molar-refractivity contribution in [2.75, 3.05) is 0 Å². The molecule has 2 aromatic carbocycles. The van der Waals surface area contributed by atoms with Crippen molar-refractivity contribution in [2.45, 2.75) is 27.0 Å². The van der Waals surface area contributed by atoms with Crippen molar-refractivity contribution in [3.8, 4) is 5.75 Å². The highest BCUT2D eigenvalue weighted by atomic mass is 16.5. The minimum absolute atomic E-state index is 0.581. The first kappa shape index (κ1) is 12.7. The van der Waals surface area contributed by atoms with E-state index in [1.54, 1.807) is 0 Å². The Bertz CT molecular complexity index is 497. The van der Waals surface area contributed by atoms with Crippen LogP contribution in [0.2, 0.25) is 0 Å². The van der Waals surface area contributed by atoms with E-state index in [-0.39, 0.29) is 0 Å². The van der Waals surface area contributed by atoms with Crippen LogP contribution in [0, 0.1) is 13.8 Å². The van der Waals surface area contributed by atoms with Gasteiger partial charge in [-0.15, -0.1) is 0 Å². The molecule has 2 heteroatoms. The molecule has 0 amide bonds. The van der Waals surface area contributed by atoms with Crippen LogP contribution >= 0.6 is 0 Å². The van der Waals surface area contributed by atoms with Crippen molar-refractivity contribution in [3.05, 3.63) is 64.7 Å². The summed E-state index contributed by atoms with van der Waals surface area (Å²) in [5, 5.41) is 0. The van der Waals surface area contributed by atoms with E-state index >= 15 is 0 Å². The molecule has 94 valence electrons. The zero-order valence-corrected chi connectivity index (χ0v) is 10.9. The number of para-hydroxylation sites is 1. The van der Waals surface area contributed by atoms with Crippen LogP contribution in [-0.4, -0.2) is 0 Å². The number of aryl methyl sites for hydroxylation is 2. The first-order valence-corrected chi connectivity index (χ1v) is 6.17. The zero-order valence-electron chi connectivity index (χ0n) is 10.9.